The Morgan fingerprint density at radius 3 is 2.69 bits per heavy atom. The number of aryl methyl sites for hydroxylation is 1. The average Bonchev–Trinajstić information content (AvgIpc) is 3.16. The summed E-state index contributed by atoms with van der Waals surface area (Å²) >= 11 is 7.73. The molecule has 3 rings (SSSR count). The summed E-state index contributed by atoms with van der Waals surface area (Å²) in [4.78, 5) is 15.9. The Morgan fingerprint density at radius 1 is 1.38 bits per heavy atom. The number of methoxy groups -OCH3 is 1. The van der Waals surface area contributed by atoms with Crippen LogP contribution in [0.25, 0.3) is 0 Å². The number of carbonyl (C=O) groups is 1. The second kappa shape index (κ2) is 7.58. The van der Waals surface area contributed by atoms with E-state index in [4.69, 9.17) is 16.3 Å². The maximum absolute atomic E-state index is 13.2. The number of ether oxygens (including phenoxy) is 1. The number of sulfone groups is 1. The minimum atomic E-state index is -3.10. The Bertz CT molecular complexity index is 923. The molecule has 8 heteroatoms. The van der Waals surface area contributed by atoms with Crippen molar-refractivity contribution in [1.29, 1.82) is 0 Å². The SMILES string of the molecule is COc1ccc(C(=O)N(Cc2sccc2C)C2CCS(=O)(=O)C2)cc1Cl. The highest BCUT2D eigenvalue weighted by Crippen LogP contribution is 2.29. The lowest BCUT2D eigenvalue weighted by molar-refractivity contribution is 0.0683. The zero-order valence-corrected chi connectivity index (χ0v) is 17.0. The Morgan fingerprint density at radius 2 is 2.15 bits per heavy atom. The number of thiophene rings is 1. The van der Waals surface area contributed by atoms with Crippen molar-refractivity contribution >= 4 is 38.7 Å². The molecule has 1 atom stereocenters. The lowest BCUT2D eigenvalue weighted by Crippen LogP contribution is -2.40. The summed E-state index contributed by atoms with van der Waals surface area (Å²) in [5, 5.41) is 2.33. The average molecular weight is 414 g/mol. The Hall–Kier alpha value is -1.57. The summed E-state index contributed by atoms with van der Waals surface area (Å²) in [6.45, 7) is 2.39. The van der Waals surface area contributed by atoms with Crippen molar-refractivity contribution in [3.63, 3.8) is 0 Å². The van der Waals surface area contributed by atoms with Gasteiger partial charge in [0.2, 0.25) is 0 Å². The molecule has 0 bridgehead atoms. The molecule has 1 unspecified atom stereocenters. The van der Waals surface area contributed by atoms with Gasteiger partial charge in [-0.15, -0.1) is 11.3 Å². The largest absolute Gasteiger partial charge is 0.495 e. The number of nitrogens with zero attached hydrogens (tertiary/aromatic N) is 1. The summed E-state index contributed by atoms with van der Waals surface area (Å²) in [6, 6.07) is 6.55. The van der Waals surface area contributed by atoms with Crippen molar-refractivity contribution in [3.05, 3.63) is 50.7 Å². The lowest BCUT2D eigenvalue weighted by atomic mass is 10.1. The molecule has 0 saturated carbocycles. The molecule has 1 aromatic carbocycles. The second-order valence-electron chi connectivity index (χ2n) is 6.37. The Labute approximate surface area is 162 Å². The first kappa shape index (κ1) is 19.2. The first-order valence-electron chi connectivity index (χ1n) is 8.18. The summed E-state index contributed by atoms with van der Waals surface area (Å²) in [5.74, 6) is 0.401. The predicted octanol–water partition coefficient (Wildman–Crippen LogP) is 3.55. The van der Waals surface area contributed by atoms with Crippen molar-refractivity contribution in [1.82, 2.24) is 4.90 Å². The van der Waals surface area contributed by atoms with Gasteiger partial charge in [0.05, 0.1) is 30.2 Å². The fraction of sp³-hybridized carbons (Fsp3) is 0.389. The molecule has 1 fully saturated rings. The van der Waals surface area contributed by atoms with E-state index in [0.29, 0.717) is 29.3 Å². The van der Waals surface area contributed by atoms with Crippen LogP contribution in [0.2, 0.25) is 5.02 Å². The maximum atomic E-state index is 13.2. The number of amides is 1. The maximum Gasteiger partial charge on any atom is 0.254 e. The van der Waals surface area contributed by atoms with Crippen LogP contribution in [0.3, 0.4) is 0 Å². The standard InChI is InChI=1S/C18H20ClNO4S2/c1-12-5-7-25-17(12)10-20(14-6-8-26(22,23)11-14)18(21)13-3-4-16(24-2)15(19)9-13/h3-5,7,9,14H,6,8,10-11H2,1-2H3. The highest BCUT2D eigenvalue weighted by atomic mass is 35.5. The molecule has 140 valence electrons. The molecule has 1 aliphatic rings. The van der Waals surface area contributed by atoms with Gasteiger partial charge < -0.3 is 9.64 Å². The van der Waals surface area contributed by atoms with Crippen molar-refractivity contribution in [2.24, 2.45) is 0 Å². The van der Waals surface area contributed by atoms with E-state index < -0.39 is 9.84 Å². The topological polar surface area (TPSA) is 63.7 Å². The van der Waals surface area contributed by atoms with Gasteiger partial charge in [-0.25, -0.2) is 8.42 Å². The van der Waals surface area contributed by atoms with Gasteiger partial charge in [-0.2, -0.15) is 0 Å². The minimum absolute atomic E-state index is 0.00699. The summed E-state index contributed by atoms with van der Waals surface area (Å²) in [7, 11) is -1.59. The van der Waals surface area contributed by atoms with Gasteiger partial charge in [0.1, 0.15) is 5.75 Å². The third kappa shape index (κ3) is 4.05. The molecule has 5 nitrogen and oxygen atoms in total. The summed E-state index contributed by atoms with van der Waals surface area (Å²) in [5.41, 5.74) is 1.52. The van der Waals surface area contributed by atoms with E-state index in [-0.39, 0.29) is 23.5 Å². The number of halogens is 1. The molecule has 1 aromatic heterocycles. The van der Waals surface area contributed by atoms with E-state index in [1.165, 1.54) is 7.11 Å². The van der Waals surface area contributed by atoms with E-state index in [0.717, 1.165) is 10.4 Å². The first-order valence-corrected chi connectivity index (χ1v) is 11.3. The van der Waals surface area contributed by atoms with Crippen LogP contribution in [0.1, 0.15) is 27.2 Å². The number of hydrogen-bond donors (Lipinski definition) is 0. The van der Waals surface area contributed by atoms with Crippen LogP contribution >= 0.6 is 22.9 Å². The van der Waals surface area contributed by atoms with E-state index in [9.17, 15) is 13.2 Å². The molecule has 1 saturated heterocycles. The Balaban J connectivity index is 1.93. The number of benzene rings is 1. The number of hydrogen-bond acceptors (Lipinski definition) is 5. The van der Waals surface area contributed by atoms with Gasteiger partial charge in [-0.3, -0.25) is 4.79 Å². The van der Waals surface area contributed by atoms with Gasteiger partial charge >= 0.3 is 0 Å². The molecule has 0 radical (unpaired) electrons. The summed E-state index contributed by atoms with van der Waals surface area (Å²) < 4.78 is 29.0. The molecule has 2 heterocycles. The van der Waals surface area contributed by atoms with Crippen molar-refractivity contribution in [3.8, 4) is 5.75 Å². The van der Waals surface area contributed by atoms with Crippen LogP contribution in [0.15, 0.2) is 29.6 Å². The molecule has 0 spiro atoms. The van der Waals surface area contributed by atoms with E-state index in [1.54, 1.807) is 34.4 Å². The van der Waals surface area contributed by atoms with Gasteiger partial charge in [0.15, 0.2) is 9.84 Å². The van der Waals surface area contributed by atoms with Crippen molar-refractivity contribution in [2.75, 3.05) is 18.6 Å². The van der Waals surface area contributed by atoms with Crippen LogP contribution < -0.4 is 4.74 Å². The van der Waals surface area contributed by atoms with Crippen LogP contribution in [0, 0.1) is 6.92 Å². The second-order valence-corrected chi connectivity index (χ2v) is 10.0. The first-order chi connectivity index (χ1) is 12.3. The third-order valence-electron chi connectivity index (χ3n) is 4.59. The monoisotopic (exact) mass is 413 g/mol. The molecule has 26 heavy (non-hydrogen) atoms. The van der Waals surface area contributed by atoms with Crippen molar-refractivity contribution in [2.45, 2.75) is 25.9 Å². The molecule has 0 aliphatic carbocycles. The zero-order valence-electron chi connectivity index (χ0n) is 14.6. The molecule has 1 aliphatic heterocycles. The van der Waals surface area contributed by atoms with E-state index >= 15 is 0 Å². The number of rotatable bonds is 5. The number of carbonyl (C=O) groups excluding carboxylic acids is 1. The molecular formula is C18H20ClNO4S2. The van der Waals surface area contributed by atoms with E-state index in [2.05, 4.69) is 0 Å². The third-order valence-corrected chi connectivity index (χ3v) is 7.64. The molecule has 0 N–H and O–H groups in total. The van der Waals surface area contributed by atoms with Crippen LogP contribution in [-0.2, 0) is 16.4 Å². The Kier molecular flexibility index (Phi) is 5.60. The van der Waals surface area contributed by atoms with Gasteiger partial charge in [0, 0.05) is 16.5 Å². The lowest BCUT2D eigenvalue weighted by Gasteiger charge is -2.28. The van der Waals surface area contributed by atoms with Gasteiger partial charge in [0.25, 0.3) is 5.91 Å². The fourth-order valence-corrected chi connectivity index (χ4v) is 5.97. The van der Waals surface area contributed by atoms with Crippen LogP contribution in [0.4, 0.5) is 0 Å². The zero-order chi connectivity index (χ0) is 18.9. The molecule has 1 amide bonds. The smallest absolute Gasteiger partial charge is 0.254 e. The summed E-state index contributed by atoms with van der Waals surface area (Å²) in [6.07, 6.45) is 0.461. The van der Waals surface area contributed by atoms with Crippen LogP contribution in [0.5, 0.6) is 5.75 Å². The van der Waals surface area contributed by atoms with Gasteiger partial charge in [-0.1, -0.05) is 11.6 Å². The highest BCUT2D eigenvalue weighted by molar-refractivity contribution is 7.91. The molecule has 2 aromatic rings. The molecular weight excluding hydrogens is 394 g/mol. The fourth-order valence-electron chi connectivity index (χ4n) is 3.07. The van der Waals surface area contributed by atoms with Crippen molar-refractivity contribution < 1.29 is 17.9 Å². The quantitative estimate of drug-likeness (QED) is 0.751. The van der Waals surface area contributed by atoms with Gasteiger partial charge in [-0.05, 0) is 48.6 Å². The predicted molar refractivity (Wildman–Crippen MR) is 104 cm³/mol. The van der Waals surface area contributed by atoms with E-state index in [1.807, 2.05) is 18.4 Å². The normalized spacial score (nSPS) is 18.7. The minimum Gasteiger partial charge on any atom is -0.495 e. The highest BCUT2D eigenvalue weighted by Gasteiger charge is 2.35. The van der Waals surface area contributed by atoms with Crippen LogP contribution in [-0.4, -0.2) is 43.9 Å².